The van der Waals surface area contributed by atoms with Gasteiger partial charge < -0.3 is 0 Å². The molecule has 0 radical (unpaired) electrons. The Balaban J connectivity index is 2.48. The van der Waals surface area contributed by atoms with Gasteiger partial charge in [-0.05, 0) is 28.7 Å². The Morgan fingerprint density at radius 3 is 2.50 bits per heavy atom. The van der Waals surface area contributed by atoms with E-state index in [2.05, 4.69) is 27.6 Å². The van der Waals surface area contributed by atoms with E-state index in [0.717, 1.165) is 14.8 Å². The minimum atomic E-state index is 0.699. The molecule has 1 aromatic carbocycles. The third kappa shape index (κ3) is 2.07. The summed E-state index contributed by atoms with van der Waals surface area (Å²) >= 11 is 8.10. The van der Waals surface area contributed by atoms with Gasteiger partial charge in [0.15, 0.2) is 0 Å². The van der Waals surface area contributed by atoms with E-state index in [1.165, 1.54) is 0 Å². The molecule has 2 aromatic rings. The monoisotopic (exact) mass is 315 g/mol. The van der Waals surface area contributed by atoms with Crippen LogP contribution in [0.4, 0.5) is 0 Å². The molecule has 2 rings (SSSR count). The molecule has 1 aromatic heterocycles. The van der Waals surface area contributed by atoms with Crippen molar-refractivity contribution in [1.82, 2.24) is 4.98 Å². The first kappa shape index (κ1) is 9.93. The molecular weight excluding hydrogens is 308 g/mol. The highest BCUT2D eigenvalue weighted by molar-refractivity contribution is 14.1. The van der Waals surface area contributed by atoms with E-state index in [9.17, 15) is 0 Å². The Hall–Kier alpha value is -0.610. The normalized spacial score (nSPS) is 10.1. The molecule has 0 aliphatic heterocycles. The number of aromatic nitrogens is 1. The topological polar surface area (TPSA) is 12.9 Å². The SMILES string of the molecule is Clc1cnc(-c2ccccc2)cc1I. The summed E-state index contributed by atoms with van der Waals surface area (Å²) in [6, 6.07) is 12.0. The fourth-order valence-electron chi connectivity index (χ4n) is 1.18. The molecule has 0 atom stereocenters. The van der Waals surface area contributed by atoms with Crippen LogP contribution in [-0.4, -0.2) is 4.98 Å². The Morgan fingerprint density at radius 1 is 1.14 bits per heavy atom. The van der Waals surface area contributed by atoms with Crippen LogP contribution >= 0.6 is 34.2 Å². The van der Waals surface area contributed by atoms with Crippen molar-refractivity contribution in [2.24, 2.45) is 0 Å². The molecule has 1 heterocycles. The minimum Gasteiger partial charge on any atom is -0.255 e. The summed E-state index contributed by atoms with van der Waals surface area (Å²) < 4.78 is 1.03. The van der Waals surface area contributed by atoms with Crippen LogP contribution < -0.4 is 0 Å². The zero-order valence-corrected chi connectivity index (χ0v) is 10.2. The zero-order chi connectivity index (χ0) is 9.97. The van der Waals surface area contributed by atoms with Crippen LogP contribution in [0, 0.1) is 3.57 Å². The lowest BCUT2D eigenvalue weighted by Gasteiger charge is -2.01. The number of hydrogen-bond donors (Lipinski definition) is 0. The van der Waals surface area contributed by atoms with Crippen molar-refractivity contribution in [2.45, 2.75) is 0 Å². The molecule has 0 N–H and O–H groups in total. The first-order valence-corrected chi connectivity index (χ1v) is 5.59. The molecule has 0 fully saturated rings. The summed E-state index contributed by atoms with van der Waals surface area (Å²) in [5.74, 6) is 0. The quantitative estimate of drug-likeness (QED) is 0.725. The maximum Gasteiger partial charge on any atom is 0.0723 e. The maximum absolute atomic E-state index is 5.90. The zero-order valence-electron chi connectivity index (χ0n) is 7.24. The van der Waals surface area contributed by atoms with Crippen molar-refractivity contribution in [2.75, 3.05) is 0 Å². The van der Waals surface area contributed by atoms with Crippen molar-refractivity contribution in [3.63, 3.8) is 0 Å². The first-order valence-electron chi connectivity index (χ1n) is 4.14. The molecule has 14 heavy (non-hydrogen) atoms. The van der Waals surface area contributed by atoms with E-state index in [1.807, 2.05) is 36.4 Å². The summed E-state index contributed by atoms with van der Waals surface area (Å²) in [5, 5.41) is 0.699. The number of nitrogens with zero attached hydrogens (tertiary/aromatic N) is 1. The van der Waals surface area contributed by atoms with Gasteiger partial charge in [-0.1, -0.05) is 41.9 Å². The van der Waals surface area contributed by atoms with Crippen LogP contribution in [-0.2, 0) is 0 Å². The number of hydrogen-bond acceptors (Lipinski definition) is 1. The number of rotatable bonds is 1. The van der Waals surface area contributed by atoms with Gasteiger partial charge in [-0.25, -0.2) is 0 Å². The summed E-state index contributed by atoms with van der Waals surface area (Å²) in [7, 11) is 0. The summed E-state index contributed by atoms with van der Waals surface area (Å²) in [6.45, 7) is 0. The van der Waals surface area contributed by atoms with Crippen molar-refractivity contribution < 1.29 is 0 Å². The second kappa shape index (κ2) is 4.28. The predicted octanol–water partition coefficient (Wildman–Crippen LogP) is 4.01. The third-order valence-corrected chi connectivity index (χ3v) is 3.39. The average Bonchev–Trinajstić information content (AvgIpc) is 2.23. The van der Waals surface area contributed by atoms with Crippen molar-refractivity contribution in [3.05, 3.63) is 51.2 Å². The van der Waals surface area contributed by atoms with Crippen LogP contribution in [0.2, 0.25) is 5.02 Å². The van der Waals surface area contributed by atoms with Crippen LogP contribution in [0.3, 0.4) is 0 Å². The van der Waals surface area contributed by atoms with Crippen LogP contribution in [0.15, 0.2) is 42.6 Å². The summed E-state index contributed by atoms with van der Waals surface area (Å²) in [5.41, 5.74) is 2.07. The molecule has 0 aliphatic rings. The molecule has 0 amide bonds. The summed E-state index contributed by atoms with van der Waals surface area (Å²) in [4.78, 5) is 4.27. The number of benzene rings is 1. The lowest BCUT2D eigenvalue weighted by molar-refractivity contribution is 1.31. The third-order valence-electron chi connectivity index (χ3n) is 1.88. The average molecular weight is 316 g/mol. The number of pyridine rings is 1. The standard InChI is InChI=1S/C11H7ClIN/c12-9-7-14-11(6-10(9)13)8-4-2-1-3-5-8/h1-7H. The summed E-state index contributed by atoms with van der Waals surface area (Å²) in [6.07, 6.45) is 1.69. The largest absolute Gasteiger partial charge is 0.255 e. The second-order valence-electron chi connectivity index (χ2n) is 2.85. The van der Waals surface area contributed by atoms with E-state index in [1.54, 1.807) is 6.20 Å². The van der Waals surface area contributed by atoms with E-state index in [0.29, 0.717) is 5.02 Å². The molecule has 0 saturated carbocycles. The second-order valence-corrected chi connectivity index (χ2v) is 4.42. The van der Waals surface area contributed by atoms with Gasteiger partial charge in [-0.15, -0.1) is 0 Å². The first-order chi connectivity index (χ1) is 6.77. The Kier molecular flexibility index (Phi) is 3.03. The fourth-order valence-corrected chi connectivity index (χ4v) is 1.72. The van der Waals surface area contributed by atoms with Gasteiger partial charge in [-0.3, -0.25) is 4.98 Å². The van der Waals surface area contributed by atoms with Gasteiger partial charge >= 0.3 is 0 Å². The van der Waals surface area contributed by atoms with E-state index >= 15 is 0 Å². The van der Waals surface area contributed by atoms with Gasteiger partial charge in [0.05, 0.1) is 10.7 Å². The van der Waals surface area contributed by atoms with E-state index < -0.39 is 0 Å². The van der Waals surface area contributed by atoms with Crippen LogP contribution in [0.1, 0.15) is 0 Å². The van der Waals surface area contributed by atoms with Crippen molar-refractivity contribution in [1.29, 1.82) is 0 Å². The molecular formula is C11H7ClIN. The van der Waals surface area contributed by atoms with Gasteiger partial charge in [-0.2, -0.15) is 0 Å². The van der Waals surface area contributed by atoms with E-state index in [-0.39, 0.29) is 0 Å². The molecule has 0 aliphatic carbocycles. The van der Waals surface area contributed by atoms with Crippen molar-refractivity contribution >= 4 is 34.2 Å². The highest BCUT2D eigenvalue weighted by atomic mass is 127. The van der Waals surface area contributed by atoms with Crippen molar-refractivity contribution in [3.8, 4) is 11.3 Å². The Morgan fingerprint density at radius 2 is 1.86 bits per heavy atom. The maximum atomic E-state index is 5.90. The predicted molar refractivity (Wildman–Crippen MR) is 67.4 cm³/mol. The van der Waals surface area contributed by atoms with Gasteiger partial charge in [0, 0.05) is 15.3 Å². The molecule has 3 heteroatoms. The highest BCUT2D eigenvalue weighted by Gasteiger charge is 2.01. The lowest BCUT2D eigenvalue weighted by atomic mass is 10.1. The van der Waals surface area contributed by atoms with Crippen LogP contribution in [0.5, 0.6) is 0 Å². The number of halogens is 2. The Labute approximate surface area is 101 Å². The lowest BCUT2D eigenvalue weighted by Crippen LogP contribution is -1.84. The van der Waals surface area contributed by atoms with E-state index in [4.69, 9.17) is 11.6 Å². The molecule has 70 valence electrons. The van der Waals surface area contributed by atoms with Gasteiger partial charge in [0.2, 0.25) is 0 Å². The molecule has 1 nitrogen and oxygen atoms in total. The smallest absolute Gasteiger partial charge is 0.0723 e. The molecule has 0 spiro atoms. The fraction of sp³-hybridized carbons (Fsp3) is 0. The molecule has 0 bridgehead atoms. The minimum absolute atomic E-state index is 0.699. The molecule has 0 unspecified atom stereocenters. The Bertz CT molecular complexity index is 442. The molecule has 0 saturated heterocycles. The van der Waals surface area contributed by atoms with Gasteiger partial charge in [0.25, 0.3) is 0 Å². The highest BCUT2D eigenvalue weighted by Crippen LogP contribution is 2.23. The van der Waals surface area contributed by atoms with Crippen LogP contribution in [0.25, 0.3) is 11.3 Å². The van der Waals surface area contributed by atoms with Gasteiger partial charge in [0.1, 0.15) is 0 Å².